The van der Waals surface area contributed by atoms with E-state index in [2.05, 4.69) is 22.4 Å². The molecule has 3 atom stereocenters. The molecule has 136 valence electrons. The Morgan fingerprint density at radius 2 is 1.85 bits per heavy atom. The first-order valence-corrected chi connectivity index (χ1v) is 9.29. The van der Waals surface area contributed by atoms with E-state index in [1.54, 1.807) is 0 Å². The van der Waals surface area contributed by atoms with E-state index in [0.29, 0.717) is 13.2 Å². The molecule has 0 bridgehead atoms. The van der Waals surface area contributed by atoms with Gasteiger partial charge >= 0.3 is 5.91 Å². The van der Waals surface area contributed by atoms with Gasteiger partial charge in [-0.15, -0.1) is 0 Å². The Bertz CT molecular complexity index is 951. The van der Waals surface area contributed by atoms with Crippen molar-refractivity contribution >= 4 is 5.84 Å². The van der Waals surface area contributed by atoms with Gasteiger partial charge in [0.05, 0.1) is 25.4 Å². The summed E-state index contributed by atoms with van der Waals surface area (Å²) in [6.07, 6.45) is 2.58. The average Bonchev–Trinajstić information content (AvgIpc) is 3.40. The zero-order chi connectivity index (χ0) is 18.7. The minimum atomic E-state index is -1.41. The molecule has 27 heavy (non-hydrogen) atoms. The Morgan fingerprint density at radius 1 is 1.11 bits per heavy atom. The second-order valence-corrected chi connectivity index (χ2v) is 7.55. The van der Waals surface area contributed by atoms with E-state index < -0.39 is 16.7 Å². The molecule has 5 rings (SSSR count). The third kappa shape index (κ3) is 1.68. The molecule has 0 unspecified atom stereocenters. The number of benzene rings is 1. The van der Waals surface area contributed by atoms with E-state index >= 15 is 0 Å². The van der Waals surface area contributed by atoms with Crippen LogP contribution in [0.15, 0.2) is 41.6 Å². The topological polar surface area (TPSA) is 123 Å². The van der Waals surface area contributed by atoms with Gasteiger partial charge in [0.15, 0.2) is 0 Å². The van der Waals surface area contributed by atoms with Gasteiger partial charge < -0.3 is 14.8 Å². The molecule has 0 aromatic heterocycles. The molecule has 1 saturated heterocycles. The summed E-state index contributed by atoms with van der Waals surface area (Å²) in [4.78, 5) is 3.12. The number of hydrogen-bond donors (Lipinski definition) is 3. The Hall–Kier alpha value is -2.71. The van der Waals surface area contributed by atoms with Crippen LogP contribution in [0.2, 0.25) is 0 Å². The normalized spacial score (nSPS) is 36.1. The lowest BCUT2D eigenvalue weighted by molar-refractivity contribution is -0.691. The highest BCUT2D eigenvalue weighted by Crippen LogP contribution is 2.62. The van der Waals surface area contributed by atoms with Crippen molar-refractivity contribution in [1.82, 2.24) is 0 Å². The lowest BCUT2D eigenvalue weighted by atomic mass is 9.53. The first-order chi connectivity index (χ1) is 13.1. The molecular formula is C20H21N5O2+2. The van der Waals surface area contributed by atoms with E-state index in [4.69, 9.17) is 15.2 Å². The Kier molecular flexibility index (Phi) is 3.29. The first-order valence-electron chi connectivity index (χ1n) is 9.29. The Labute approximate surface area is 157 Å². The molecular weight excluding hydrogens is 342 g/mol. The number of rotatable bonds is 1. The predicted molar refractivity (Wildman–Crippen MR) is 92.9 cm³/mol. The van der Waals surface area contributed by atoms with Gasteiger partial charge in [0, 0.05) is 17.6 Å². The molecule has 1 fully saturated rings. The number of amidine groups is 1. The fourth-order valence-electron chi connectivity index (χ4n) is 5.52. The van der Waals surface area contributed by atoms with Gasteiger partial charge in [0.2, 0.25) is 10.8 Å². The third-order valence-electron chi connectivity index (χ3n) is 6.55. The Balaban J connectivity index is 1.85. The fourth-order valence-corrected chi connectivity index (χ4v) is 5.52. The van der Waals surface area contributed by atoms with Crippen LogP contribution in [0.25, 0.3) is 0 Å². The van der Waals surface area contributed by atoms with Gasteiger partial charge in [0.1, 0.15) is 11.7 Å². The van der Waals surface area contributed by atoms with Crippen LogP contribution in [0.5, 0.6) is 0 Å². The molecule has 1 spiro atoms. The van der Waals surface area contributed by atoms with Crippen LogP contribution in [0.1, 0.15) is 30.9 Å². The fraction of sp³-hybridized carbons (Fsp3) is 0.450. The SMILES string of the molecule is N#C[C@@]12C3=C(CCC3)[NH2+][C@H](c3ccccc3)[C@@]1(C#N)C(N)=[NH+]C21OCCO1. The summed E-state index contributed by atoms with van der Waals surface area (Å²) < 4.78 is 12.0. The van der Waals surface area contributed by atoms with Crippen LogP contribution >= 0.6 is 0 Å². The van der Waals surface area contributed by atoms with E-state index in [-0.39, 0.29) is 11.9 Å². The number of nitrogens with zero attached hydrogens (tertiary/aromatic N) is 2. The summed E-state index contributed by atoms with van der Waals surface area (Å²) in [6.45, 7) is 0.709. The van der Waals surface area contributed by atoms with Crippen LogP contribution in [-0.2, 0) is 9.47 Å². The molecule has 0 saturated carbocycles. The zero-order valence-corrected chi connectivity index (χ0v) is 14.9. The largest absolute Gasteiger partial charge is 0.347 e. The maximum atomic E-state index is 10.6. The number of nitriles is 2. The van der Waals surface area contributed by atoms with Crippen molar-refractivity contribution in [2.24, 2.45) is 16.6 Å². The minimum Gasteiger partial charge on any atom is -0.311 e. The predicted octanol–water partition coefficient (Wildman–Crippen LogP) is -1.09. The van der Waals surface area contributed by atoms with Crippen LogP contribution in [0, 0.1) is 33.5 Å². The molecule has 3 heterocycles. The van der Waals surface area contributed by atoms with Crippen molar-refractivity contribution in [2.45, 2.75) is 31.2 Å². The highest BCUT2D eigenvalue weighted by atomic mass is 16.8. The number of fused-ring (bicyclic) bond motifs is 3. The minimum absolute atomic E-state index is 0.247. The lowest BCUT2D eigenvalue weighted by Crippen LogP contribution is -2.91. The molecule has 5 N–H and O–H groups in total. The molecule has 1 aromatic carbocycles. The smallest absolute Gasteiger partial charge is 0.311 e. The first kappa shape index (κ1) is 16.5. The lowest BCUT2D eigenvalue weighted by Gasteiger charge is -2.45. The van der Waals surface area contributed by atoms with Crippen molar-refractivity contribution in [3.8, 4) is 12.1 Å². The molecule has 7 nitrogen and oxygen atoms in total. The molecule has 1 aliphatic carbocycles. The van der Waals surface area contributed by atoms with Crippen LogP contribution in [0.4, 0.5) is 0 Å². The third-order valence-corrected chi connectivity index (χ3v) is 6.55. The summed E-state index contributed by atoms with van der Waals surface area (Å²) in [5.41, 5.74) is 6.88. The van der Waals surface area contributed by atoms with Gasteiger partial charge in [-0.05, 0) is 12.8 Å². The Morgan fingerprint density at radius 3 is 2.52 bits per heavy atom. The van der Waals surface area contributed by atoms with Crippen molar-refractivity contribution < 1.29 is 19.8 Å². The molecule has 0 radical (unpaired) electrons. The van der Waals surface area contributed by atoms with Gasteiger partial charge in [-0.25, -0.2) is 4.99 Å². The standard InChI is InChI=1S/C20H19N5O2/c21-11-18-16(13-5-2-1-3-6-13)24-15-8-4-7-14(15)19(18,12-22)20(25-17(18)23)26-9-10-27-20/h1-3,5-6,16,24H,4,7-10H2,(H2,23,25)/p+2/t16-,18+,19-/m1/s1. The summed E-state index contributed by atoms with van der Waals surface area (Å²) in [5, 5.41) is 23.2. The van der Waals surface area contributed by atoms with E-state index in [1.807, 2.05) is 30.3 Å². The van der Waals surface area contributed by atoms with Crippen LogP contribution in [-0.4, -0.2) is 25.0 Å². The number of ether oxygens (including phenoxy) is 2. The second-order valence-electron chi connectivity index (χ2n) is 7.55. The number of nitrogens with two attached hydrogens (primary N) is 2. The van der Waals surface area contributed by atoms with E-state index in [0.717, 1.165) is 36.1 Å². The summed E-state index contributed by atoms with van der Waals surface area (Å²) in [7, 11) is 0. The molecule has 7 heteroatoms. The zero-order valence-electron chi connectivity index (χ0n) is 14.9. The van der Waals surface area contributed by atoms with Crippen LogP contribution < -0.4 is 16.0 Å². The molecule has 1 aromatic rings. The highest BCUT2D eigenvalue weighted by Gasteiger charge is 2.85. The number of nitrogens with one attached hydrogen (secondary N) is 1. The maximum absolute atomic E-state index is 10.6. The summed E-state index contributed by atoms with van der Waals surface area (Å²) in [5.74, 6) is -1.16. The second kappa shape index (κ2) is 5.40. The molecule has 3 aliphatic heterocycles. The quantitative estimate of drug-likeness (QED) is 0.585. The average molecular weight is 363 g/mol. The summed E-state index contributed by atoms with van der Waals surface area (Å²) in [6, 6.07) is 14.4. The van der Waals surface area contributed by atoms with Gasteiger partial charge in [-0.2, -0.15) is 10.5 Å². The van der Waals surface area contributed by atoms with Gasteiger partial charge in [0.25, 0.3) is 5.84 Å². The summed E-state index contributed by atoms with van der Waals surface area (Å²) >= 11 is 0. The van der Waals surface area contributed by atoms with Crippen molar-refractivity contribution in [1.29, 1.82) is 10.5 Å². The van der Waals surface area contributed by atoms with Crippen molar-refractivity contribution in [2.75, 3.05) is 13.2 Å². The van der Waals surface area contributed by atoms with Gasteiger partial charge in [-0.1, -0.05) is 30.3 Å². The number of allylic oxidation sites excluding steroid dienone is 1. The van der Waals surface area contributed by atoms with Crippen LogP contribution in [0.3, 0.4) is 0 Å². The number of quaternary nitrogens is 1. The van der Waals surface area contributed by atoms with E-state index in [9.17, 15) is 10.5 Å². The maximum Gasteiger partial charge on any atom is 0.347 e. The molecule has 0 amide bonds. The van der Waals surface area contributed by atoms with E-state index in [1.165, 1.54) is 0 Å². The van der Waals surface area contributed by atoms with Crippen molar-refractivity contribution in [3.63, 3.8) is 0 Å². The highest BCUT2D eigenvalue weighted by molar-refractivity contribution is 5.90. The molecule has 4 aliphatic rings. The van der Waals surface area contributed by atoms with Crippen molar-refractivity contribution in [3.05, 3.63) is 47.2 Å². The number of hydrogen-bond acceptors (Lipinski definition) is 5. The monoisotopic (exact) mass is 363 g/mol. The van der Waals surface area contributed by atoms with Gasteiger partial charge in [-0.3, -0.25) is 5.73 Å².